The highest BCUT2D eigenvalue weighted by molar-refractivity contribution is 7.12. The molecular weight excluding hydrogens is 298 g/mol. The fraction of sp³-hybridized carbons (Fsp3) is 0.438. The highest BCUT2D eigenvalue weighted by Crippen LogP contribution is 2.32. The van der Waals surface area contributed by atoms with E-state index in [1.54, 1.807) is 18.5 Å². The van der Waals surface area contributed by atoms with Crippen molar-refractivity contribution in [1.82, 2.24) is 15.3 Å². The van der Waals surface area contributed by atoms with Crippen LogP contribution < -0.4 is 5.32 Å². The molecule has 2 aromatic heterocycles. The minimum absolute atomic E-state index is 0.0679. The first-order valence-corrected chi connectivity index (χ1v) is 8.32. The first kappa shape index (κ1) is 15.1. The Balaban J connectivity index is 1.61. The maximum atomic E-state index is 11.9. The lowest BCUT2D eigenvalue weighted by atomic mass is 9.95. The zero-order valence-electron chi connectivity index (χ0n) is 12.5. The number of hydrogen-bond acceptors (Lipinski definition) is 5. The van der Waals surface area contributed by atoms with Crippen LogP contribution in [-0.4, -0.2) is 22.5 Å². The van der Waals surface area contributed by atoms with Crippen molar-refractivity contribution < 1.29 is 9.53 Å². The lowest BCUT2D eigenvalue weighted by Gasteiger charge is -2.32. The van der Waals surface area contributed by atoms with Gasteiger partial charge in [-0.25, -0.2) is 9.97 Å². The van der Waals surface area contributed by atoms with Crippen molar-refractivity contribution >= 4 is 17.2 Å². The maximum absolute atomic E-state index is 11.9. The largest absolute Gasteiger partial charge is 0.367 e. The molecule has 0 unspecified atom stereocenters. The van der Waals surface area contributed by atoms with Gasteiger partial charge in [0.05, 0.1) is 4.88 Å². The second-order valence-electron chi connectivity index (χ2n) is 5.61. The topological polar surface area (TPSA) is 64.1 Å². The van der Waals surface area contributed by atoms with Crippen LogP contribution >= 0.6 is 11.3 Å². The molecule has 3 rings (SSSR count). The van der Waals surface area contributed by atoms with Crippen molar-refractivity contribution in [3.05, 3.63) is 46.2 Å². The Hall–Kier alpha value is -1.79. The van der Waals surface area contributed by atoms with Crippen LogP contribution in [0.2, 0.25) is 0 Å². The van der Waals surface area contributed by atoms with E-state index in [1.807, 2.05) is 18.4 Å². The second-order valence-corrected chi connectivity index (χ2v) is 6.56. The zero-order valence-corrected chi connectivity index (χ0v) is 13.4. The van der Waals surface area contributed by atoms with E-state index >= 15 is 0 Å². The van der Waals surface area contributed by atoms with Crippen molar-refractivity contribution in [1.29, 1.82) is 0 Å². The number of nitrogens with zero attached hydrogens (tertiary/aromatic N) is 2. The summed E-state index contributed by atoms with van der Waals surface area (Å²) in [5.41, 5.74) is 0.504. The van der Waals surface area contributed by atoms with Gasteiger partial charge in [-0.1, -0.05) is 6.07 Å². The first-order chi connectivity index (χ1) is 10.7. The Morgan fingerprint density at radius 1 is 1.41 bits per heavy atom. The molecule has 0 saturated carbocycles. The highest BCUT2D eigenvalue weighted by Gasteiger charge is 2.32. The molecule has 1 saturated heterocycles. The number of hydrogen-bond donors (Lipinski definition) is 1. The van der Waals surface area contributed by atoms with Crippen LogP contribution in [0, 0.1) is 0 Å². The van der Waals surface area contributed by atoms with Gasteiger partial charge in [-0.3, -0.25) is 4.79 Å². The lowest BCUT2D eigenvalue weighted by Crippen LogP contribution is -2.32. The molecule has 1 fully saturated rings. The predicted octanol–water partition coefficient (Wildman–Crippen LogP) is 2.88. The SMILES string of the molecule is C[C@@]1(c2ncc(CNC(=O)c3cccs3)cn2)CCCCO1. The number of carbonyl (C=O) groups is 1. The van der Waals surface area contributed by atoms with Crippen LogP contribution in [0.3, 0.4) is 0 Å². The fourth-order valence-corrected chi connectivity index (χ4v) is 3.15. The number of aromatic nitrogens is 2. The standard InChI is InChI=1S/C16H19N3O2S/c1-16(6-2-3-7-21-16)15-18-10-12(11-19-15)9-17-14(20)13-5-4-8-22-13/h4-5,8,10-11H,2-3,6-7,9H2,1H3,(H,17,20)/t16-/m0/s1. The average Bonchev–Trinajstić information content (AvgIpc) is 3.08. The van der Waals surface area contributed by atoms with Crippen LogP contribution in [-0.2, 0) is 16.9 Å². The number of thiophene rings is 1. The zero-order chi connectivity index (χ0) is 15.4. The summed E-state index contributed by atoms with van der Waals surface area (Å²) in [5, 5.41) is 4.76. The number of nitrogens with one attached hydrogen (secondary N) is 1. The molecule has 1 atom stereocenters. The van der Waals surface area contributed by atoms with Gasteiger partial charge in [-0.2, -0.15) is 0 Å². The van der Waals surface area contributed by atoms with Crippen molar-refractivity contribution in [3.8, 4) is 0 Å². The van der Waals surface area contributed by atoms with Gasteiger partial charge in [0, 0.05) is 31.1 Å². The quantitative estimate of drug-likeness (QED) is 0.942. The summed E-state index contributed by atoms with van der Waals surface area (Å²) in [5.74, 6) is 0.655. The normalized spacial score (nSPS) is 21.5. The third-order valence-corrected chi connectivity index (χ3v) is 4.71. The van der Waals surface area contributed by atoms with E-state index in [2.05, 4.69) is 15.3 Å². The Kier molecular flexibility index (Phi) is 4.49. The minimum atomic E-state index is -0.378. The smallest absolute Gasteiger partial charge is 0.261 e. The molecule has 116 valence electrons. The van der Waals surface area contributed by atoms with Gasteiger partial charge in [0.15, 0.2) is 5.82 Å². The number of amides is 1. The molecular formula is C16H19N3O2S. The lowest BCUT2D eigenvalue weighted by molar-refractivity contribution is -0.0760. The average molecular weight is 317 g/mol. The maximum Gasteiger partial charge on any atom is 0.261 e. The number of carbonyl (C=O) groups excluding carboxylic acids is 1. The van der Waals surface area contributed by atoms with Gasteiger partial charge in [-0.05, 0) is 37.6 Å². The van der Waals surface area contributed by atoms with Crippen molar-refractivity contribution in [2.75, 3.05) is 6.61 Å². The van der Waals surface area contributed by atoms with Crippen LogP contribution in [0.1, 0.15) is 47.2 Å². The summed E-state index contributed by atoms with van der Waals surface area (Å²) in [7, 11) is 0. The molecule has 0 radical (unpaired) electrons. The molecule has 1 aliphatic rings. The second kappa shape index (κ2) is 6.54. The molecule has 5 nitrogen and oxygen atoms in total. The van der Waals surface area contributed by atoms with Gasteiger partial charge in [0.1, 0.15) is 5.60 Å². The van der Waals surface area contributed by atoms with Crippen LogP contribution in [0.25, 0.3) is 0 Å². The molecule has 0 aromatic carbocycles. The molecule has 1 aliphatic heterocycles. The van der Waals surface area contributed by atoms with Crippen molar-refractivity contribution in [2.45, 2.75) is 38.3 Å². The van der Waals surface area contributed by atoms with Gasteiger partial charge < -0.3 is 10.1 Å². The Morgan fingerprint density at radius 3 is 2.86 bits per heavy atom. The van der Waals surface area contributed by atoms with Crippen molar-refractivity contribution in [2.24, 2.45) is 0 Å². The molecule has 0 bridgehead atoms. The van der Waals surface area contributed by atoms with Crippen LogP contribution in [0.15, 0.2) is 29.9 Å². The number of rotatable bonds is 4. The third kappa shape index (κ3) is 3.34. The van der Waals surface area contributed by atoms with Gasteiger partial charge >= 0.3 is 0 Å². The van der Waals surface area contributed by atoms with Crippen LogP contribution in [0.4, 0.5) is 0 Å². The molecule has 1 amide bonds. The first-order valence-electron chi connectivity index (χ1n) is 7.44. The summed E-state index contributed by atoms with van der Waals surface area (Å²) in [4.78, 5) is 21.5. The molecule has 22 heavy (non-hydrogen) atoms. The molecule has 0 aliphatic carbocycles. The van der Waals surface area contributed by atoms with E-state index in [0.29, 0.717) is 11.4 Å². The van der Waals surface area contributed by atoms with Gasteiger partial charge in [0.25, 0.3) is 5.91 Å². The van der Waals surface area contributed by atoms with E-state index < -0.39 is 0 Å². The molecule has 0 spiro atoms. The number of ether oxygens (including phenoxy) is 1. The van der Waals surface area contributed by atoms with Crippen LogP contribution in [0.5, 0.6) is 0 Å². The van der Waals surface area contributed by atoms with E-state index in [1.165, 1.54) is 11.3 Å². The third-order valence-electron chi connectivity index (χ3n) is 3.85. The molecule has 6 heteroatoms. The van der Waals surface area contributed by atoms with Gasteiger partial charge in [0.2, 0.25) is 0 Å². The van der Waals surface area contributed by atoms with E-state index in [-0.39, 0.29) is 11.5 Å². The molecule has 2 aromatic rings. The highest BCUT2D eigenvalue weighted by atomic mass is 32.1. The molecule has 3 heterocycles. The Bertz CT molecular complexity index is 619. The Morgan fingerprint density at radius 2 is 2.23 bits per heavy atom. The van der Waals surface area contributed by atoms with E-state index in [0.717, 1.165) is 37.3 Å². The van der Waals surface area contributed by atoms with Gasteiger partial charge in [-0.15, -0.1) is 11.3 Å². The van der Waals surface area contributed by atoms with E-state index in [9.17, 15) is 4.79 Å². The minimum Gasteiger partial charge on any atom is -0.367 e. The Labute approximate surface area is 133 Å². The fourth-order valence-electron chi connectivity index (χ4n) is 2.51. The summed E-state index contributed by atoms with van der Waals surface area (Å²) >= 11 is 1.43. The summed E-state index contributed by atoms with van der Waals surface area (Å²) < 4.78 is 5.85. The van der Waals surface area contributed by atoms with E-state index in [4.69, 9.17) is 4.74 Å². The summed E-state index contributed by atoms with van der Waals surface area (Å²) in [6.45, 7) is 3.23. The summed E-state index contributed by atoms with van der Waals surface area (Å²) in [6.07, 6.45) is 6.71. The predicted molar refractivity (Wildman–Crippen MR) is 84.7 cm³/mol. The summed E-state index contributed by atoms with van der Waals surface area (Å²) in [6, 6.07) is 3.67. The monoisotopic (exact) mass is 317 g/mol. The van der Waals surface area contributed by atoms with Crippen molar-refractivity contribution in [3.63, 3.8) is 0 Å². The molecule has 1 N–H and O–H groups in total.